The minimum atomic E-state index is -1.04. The van der Waals surface area contributed by atoms with E-state index in [4.69, 9.17) is 0 Å². The van der Waals surface area contributed by atoms with Crippen LogP contribution in [0.4, 0.5) is 0 Å². The van der Waals surface area contributed by atoms with Crippen molar-refractivity contribution in [2.45, 2.75) is 39.7 Å². The second kappa shape index (κ2) is 9.28. The van der Waals surface area contributed by atoms with Gasteiger partial charge in [0.15, 0.2) is 5.69 Å². The fourth-order valence-corrected chi connectivity index (χ4v) is 4.18. The maximum atomic E-state index is 11.6. The number of aromatic carboxylic acids is 2. The van der Waals surface area contributed by atoms with E-state index in [-0.39, 0.29) is 11.3 Å². The average Bonchev–Trinajstić information content (AvgIpc) is 3.16. The van der Waals surface area contributed by atoms with Crippen LogP contribution in [-0.4, -0.2) is 31.7 Å². The number of pyridine rings is 1. The largest absolute Gasteiger partial charge is 0.478 e. The van der Waals surface area contributed by atoms with E-state index in [1.54, 1.807) is 24.3 Å². The molecule has 2 N–H and O–H groups in total. The van der Waals surface area contributed by atoms with Crippen molar-refractivity contribution < 1.29 is 19.8 Å². The fraction of sp³-hybridized carbons (Fsp3) is 0.222. The number of nitrogens with zero attached hydrogens (tertiary/aromatic N) is 2. The summed E-state index contributed by atoms with van der Waals surface area (Å²) in [4.78, 5) is 27.6. The SMILES string of the molecule is CCCCc1cc2c(C)cc(C(=O)O)nc2n1Cc1ccc(-c2ccccc2C(=O)O)cc1. The highest BCUT2D eigenvalue weighted by Crippen LogP contribution is 2.27. The third kappa shape index (κ3) is 4.51. The number of rotatable bonds is 8. The van der Waals surface area contributed by atoms with Gasteiger partial charge in [-0.15, -0.1) is 0 Å². The van der Waals surface area contributed by atoms with Gasteiger partial charge >= 0.3 is 11.9 Å². The molecule has 4 aromatic rings. The number of carbonyl (C=O) groups is 2. The number of aromatic nitrogens is 2. The minimum Gasteiger partial charge on any atom is -0.478 e. The maximum Gasteiger partial charge on any atom is 0.354 e. The summed E-state index contributed by atoms with van der Waals surface area (Å²) in [6.07, 6.45) is 2.98. The Bertz CT molecular complexity index is 1340. The Hall–Kier alpha value is -3.93. The van der Waals surface area contributed by atoms with Crippen LogP contribution in [0, 0.1) is 6.92 Å². The van der Waals surface area contributed by atoms with Gasteiger partial charge in [-0.2, -0.15) is 0 Å². The molecule has 0 aliphatic carbocycles. The first kappa shape index (κ1) is 22.3. The number of fused-ring (bicyclic) bond motifs is 1. The Morgan fingerprint density at radius 1 is 0.970 bits per heavy atom. The van der Waals surface area contributed by atoms with Crippen LogP contribution in [0.1, 0.15) is 57.4 Å². The molecule has 2 aromatic carbocycles. The van der Waals surface area contributed by atoms with Crippen molar-refractivity contribution in [1.29, 1.82) is 0 Å². The van der Waals surface area contributed by atoms with Crippen LogP contribution in [0.3, 0.4) is 0 Å². The van der Waals surface area contributed by atoms with Crippen LogP contribution in [-0.2, 0) is 13.0 Å². The van der Waals surface area contributed by atoms with Crippen LogP contribution in [0.25, 0.3) is 22.2 Å². The standard InChI is InChI=1S/C27H26N2O4/c1-3-4-7-20-15-23-17(2)14-24(27(32)33)28-25(23)29(20)16-18-10-12-19(13-11-18)21-8-5-6-9-22(21)26(30)31/h5-6,8-15H,3-4,7,16H2,1-2H3,(H,30,31)(H,32,33). The third-order valence-corrected chi connectivity index (χ3v) is 5.93. The Morgan fingerprint density at radius 2 is 1.70 bits per heavy atom. The van der Waals surface area contributed by atoms with Gasteiger partial charge in [0.05, 0.1) is 5.56 Å². The molecule has 2 aromatic heterocycles. The highest BCUT2D eigenvalue weighted by atomic mass is 16.4. The molecule has 0 saturated heterocycles. The third-order valence-electron chi connectivity index (χ3n) is 5.93. The van der Waals surface area contributed by atoms with E-state index in [1.165, 1.54) is 0 Å². The molecule has 0 spiro atoms. The lowest BCUT2D eigenvalue weighted by atomic mass is 9.99. The summed E-state index contributed by atoms with van der Waals surface area (Å²) in [6.45, 7) is 4.62. The van der Waals surface area contributed by atoms with Gasteiger partial charge in [0.1, 0.15) is 5.65 Å². The van der Waals surface area contributed by atoms with E-state index in [9.17, 15) is 19.8 Å². The Labute approximate surface area is 192 Å². The molecule has 33 heavy (non-hydrogen) atoms. The zero-order valence-electron chi connectivity index (χ0n) is 18.7. The zero-order chi connectivity index (χ0) is 23.5. The zero-order valence-corrected chi connectivity index (χ0v) is 18.7. The van der Waals surface area contributed by atoms with Crippen molar-refractivity contribution in [2.75, 3.05) is 0 Å². The minimum absolute atomic E-state index is 0.0435. The van der Waals surface area contributed by atoms with Crippen LogP contribution < -0.4 is 0 Å². The molecule has 4 rings (SSSR count). The number of hydrogen-bond acceptors (Lipinski definition) is 3. The smallest absolute Gasteiger partial charge is 0.354 e. The van der Waals surface area contributed by atoms with Gasteiger partial charge in [-0.25, -0.2) is 14.6 Å². The molecule has 0 unspecified atom stereocenters. The number of unbranched alkanes of at least 4 members (excludes halogenated alkanes) is 1. The molecule has 168 valence electrons. The van der Waals surface area contributed by atoms with Gasteiger partial charge in [-0.3, -0.25) is 0 Å². The fourth-order valence-electron chi connectivity index (χ4n) is 4.18. The molecule has 2 heterocycles. The van der Waals surface area contributed by atoms with Gasteiger partial charge in [0.25, 0.3) is 0 Å². The van der Waals surface area contributed by atoms with Gasteiger partial charge in [-0.1, -0.05) is 55.8 Å². The Morgan fingerprint density at radius 3 is 2.36 bits per heavy atom. The Kier molecular flexibility index (Phi) is 6.27. The predicted molar refractivity (Wildman–Crippen MR) is 128 cm³/mol. The van der Waals surface area contributed by atoms with Crippen LogP contribution in [0.15, 0.2) is 60.7 Å². The van der Waals surface area contributed by atoms with Crippen molar-refractivity contribution in [3.05, 3.63) is 88.7 Å². The van der Waals surface area contributed by atoms with Crippen molar-refractivity contribution >= 4 is 23.0 Å². The molecule has 0 aliphatic heterocycles. The molecule has 6 nitrogen and oxygen atoms in total. The summed E-state index contributed by atoms with van der Waals surface area (Å²) in [5.74, 6) is -1.99. The quantitative estimate of drug-likeness (QED) is 0.360. The topological polar surface area (TPSA) is 92.4 Å². The lowest BCUT2D eigenvalue weighted by Gasteiger charge is -2.12. The summed E-state index contributed by atoms with van der Waals surface area (Å²) in [5.41, 5.74) is 5.56. The van der Waals surface area contributed by atoms with E-state index in [1.807, 2.05) is 37.3 Å². The molecule has 0 atom stereocenters. The summed E-state index contributed by atoms with van der Waals surface area (Å²) in [5, 5.41) is 19.9. The molecule has 0 radical (unpaired) electrons. The number of carboxylic acids is 2. The van der Waals surface area contributed by atoms with E-state index in [0.29, 0.717) is 17.8 Å². The highest BCUT2D eigenvalue weighted by molar-refractivity contribution is 5.96. The molecule has 0 bridgehead atoms. The second-order valence-corrected chi connectivity index (χ2v) is 8.24. The second-order valence-electron chi connectivity index (χ2n) is 8.24. The van der Waals surface area contributed by atoms with Gasteiger partial charge in [0, 0.05) is 17.6 Å². The van der Waals surface area contributed by atoms with Crippen LogP contribution in [0.2, 0.25) is 0 Å². The van der Waals surface area contributed by atoms with Gasteiger partial charge in [0.2, 0.25) is 0 Å². The maximum absolute atomic E-state index is 11.6. The predicted octanol–water partition coefficient (Wildman–Crippen LogP) is 5.80. The summed E-state index contributed by atoms with van der Waals surface area (Å²) < 4.78 is 2.10. The van der Waals surface area contributed by atoms with E-state index < -0.39 is 11.9 Å². The van der Waals surface area contributed by atoms with Crippen molar-refractivity contribution in [1.82, 2.24) is 9.55 Å². The molecule has 0 aliphatic rings. The van der Waals surface area contributed by atoms with Crippen molar-refractivity contribution in [2.24, 2.45) is 0 Å². The monoisotopic (exact) mass is 442 g/mol. The molecule has 0 saturated carbocycles. The number of carboxylic acid groups (broad SMARTS) is 2. The molecule has 6 heteroatoms. The van der Waals surface area contributed by atoms with Gasteiger partial charge < -0.3 is 14.8 Å². The first-order valence-electron chi connectivity index (χ1n) is 11.0. The van der Waals surface area contributed by atoms with E-state index >= 15 is 0 Å². The number of benzene rings is 2. The van der Waals surface area contributed by atoms with E-state index in [2.05, 4.69) is 22.5 Å². The average molecular weight is 443 g/mol. The lowest BCUT2D eigenvalue weighted by Crippen LogP contribution is -2.08. The number of hydrogen-bond donors (Lipinski definition) is 2. The molecular weight excluding hydrogens is 416 g/mol. The van der Waals surface area contributed by atoms with Crippen LogP contribution >= 0.6 is 0 Å². The Balaban J connectivity index is 1.74. The normalized spacial score (nSPS) is 11.1. The molecular formula is C27H26N2O4. The summed E-state index contributed by atoms with van der Waals surface area (Å²) >= 11 is 0. The molecule has 0 fully saturated rings. The summed E-state index contributed by atoms with van der Waals surface area (Å²) in [6, 6.07) is 18.5. The van der Waals surface area contributed by atoms with Gasteiger partial charge in [-0.05, 0) is 60.2 Å². The first-order chi connectivity index (χ1) is 15.9. The first-order valence-corrected chi connectivity index (χ1v) is 11.0. The highest BCUT2D eigenvalue weighted by Gasteiger charge is 2.16. The van der Waals surface area contributed by atoms with Crippen molar-refractivity contribution in [3.8, 4) is 11.1 Å². The lowest BCUT2D eigenvalue weighted by molar-refractivity contribution is 0.0683. The van der Waals surface area contributed by atoms with Crippen LogP contribution in [0.5, 0.6) is 0 Å². The van der Waals surface area contributed by atoms with E-state index in [0.717, 1.165) is 47.0 Å². The van der Waals surface area contributed by atoms with Crippen molar-refractivity contribution in [3.63, 3.8) is 0 Å². The number of aryl methyl sites for hydroxylation is 2. The molecule has 0 amide bonds. The summed E-state index contributed by atoms with van der Waals surface area (Å²) in [7, 11) is 0.